The molecule has 3 aromatic rings. The number of aliphatic hydroxyl groups is 1. The fourth-order valence-corrected chi connectivity index (χ4v) is 3.69. The van der Waals surface area contributed by atoms with Crippen LogP contribution in [0.15, 0.2) is 72.8 Å². The van der Waals surface area contributed by atoms with Gasteiger partial charge in [0.2, 0.25) is 5.91 Å². The van der Waals surface area contributed by atoms with Gasteiger partial charge in [0.15, 0.2) is 0 Å². The average molecular weight is 529 g/mol. The SMILES string of the molecule is Cc1ccc(CN(C)CC(=O)Nc2ccc(C#Cc3ccc(C(=O)NC(C(=O)NO)C(C)O)cc3)cc2)cc1. The van der Waals surface area contributed by atoms with E-state index in [1.165, 1.54) is 18.0 Å². The van der Waals surface area contributed by atoms with E-state index in [4.69, 9.17) is 5.21 Å². The molecule has 0 aliphatic heterocycles. The van der Waals surface area contributed by atoms with Crippen LogP contribution in [0.25, 0.3) is 0 Å². The zero-order valence-electron chi connectivity index (χ0n) is 22.1. The largest absolute Gasteiger partial charge is 0.391 e. The number of amides is 3. The van der Waals surface area contributed by atoms with Crippen LogP contribution < -0.4 is 16.1 Å². The summed E-state index contributed by atoms with van der Waals surface area (Å²) in [5, 5.41) is 23.7. The van der Waals surface area contributed by atoms with Crippen LogP contribution >= 0.6 is 0 Å². The number of nitrogens with one attached hydrogen (secondary N) is 3. The lowest BCUT2D eigenvalue weighted by Gasteiger charge is -2.19. The van der Waals surface area contributed by atoms with Gasteiger partial charge in [-0.2, -0.15) is 0 Å². The molecule has 0 aromatic heterocycles. The molecule has 0 bridgehead atoms. The Morgan fingerprint density at radius 2 is 1.46 bits per heavy atom. The van der Waals surface area contributed by atoms with Gasteiger partial charge >= 0.3 is 0 Å². The minimum absolute atomic E-state index is 0.107. The number of carbonyl (C=O) groups excluding carboxylic acids is 3. The number of carbonyl (C=O) groups is 3. The molecule has 0 radical (unpaired) electrons. The number of anilines is 1. The summed E-state index contributed by atoms with van der Waals surface area (Å²) in [4.78, 5) is 38.4. The number of aliphatic hydroxyl groups excluding tert-OH is 1. The van der Waals surface area contributed by atoms with E-state index in [0.717, 1.165) is 11.1 Å². The predicted octanol–water partition coefficient (Wildman–Crippen LogP) is 2.45. The molecule has 2 unspecified atom stereocenters. The second kappa shape index (κ2) is 13.9. The molecule has 3 rings (SSSR count). The molecule has 39 heavy (non-hydrogen) atoms. The van der Waals surface area contributed by atoms with Gasteiger partial charge in [0.25, 0.3) is 11.8 Å². The van der Waals surface area contributed by atoms with Gasteiger partial charge in [0.1, 0.15) is 6.04 Å². The van der Waals surface area contributed by atoms with Gasteiger partial charge in [-0.1, -0.05) is 41.7 Å². The Labute approximate surface area is 227 Å². The van der Waals surface area contributed by atoms with Gasteiger partial charge in [-0.05, 0) is 75.0 Å². The highest BCUT2D eigenvalue weighted by Crippen LogP contribution is 2.11. The highest BCUT2D eigenvalue weighted by molar-refractivity contribution is 5.97. The van der Waals surface area contributed by atoms with Gasteiger partial charge in [0.05, 0.1) is 12.6 Å². The second-order valence-electron chi connectivity index (χ2n) is 9.28. The fourth-order valence-electron chi connectivity index (χ4n) is 3.69. The van der Waals surface area contributed by atoms with Crippen molar-refractivity contribution < 1.29 is 24.7 Å². The molecule has 0 aliphatic carbocycles. The van der Waals surface area contributed by atoms with Gasteiger partial charge in [-0.25, -0.2) is 5.48 Å². The number of benzene rings is 3. The van der Waals surface area contributed by atoms with Gasteiger partial charge in [-0.3, -0.25) is 24.5 Å². The van der Waals surface area contributed by atoms with Crippen molar-refractivity contribution in [2.24, 2.45) is 0 Å². The molecular formula is C30H32N4O5. The number of hydrogen-bond acceptors (Lipinski definition) is 6. The molecular weight excluding hydrogens is 496 g/mol. The maximum atomic E-state index is 12.4. The average Bonchev–Trinajstić information content (AvgIpc) is 2.92. The normalized spacial score (nSPS) is 12.1. The minimum Gasteiger partial charge on any atom is -0.391 e. The third kappa shape index (κ3) is 9.09. The van der Waals surface area contributed by atoms with Crippen LogP contribution in [0.5, 0.6) is 0 Å². The zero-order valence-corrected chi connectivity index (χ0v) is 22.1. The standard InChI is InChI=1S/C30H32N4O5/c1-20-4-6-24(7-5-20)18-34(3)19-27(36)31-26-16-12-23(13-17-26)9-8-22-10-14-25(15-11-22)29(37)32-28(21(2)35)30(38)33-39/h4-7,10-17,21,28,35,39H,18-19H2,1-3H3,(H,31,36)(H,32,37)(H,33,38). The summed E-state index contributed by atoms with van der Waals surface area (Å²) in [7, 11) is 1.90. The number of hydroxylamine groups is 1. The Morgan fingerprint density at radius 1 is 0.897 bits per heavy atom. The van der Waals surface area contributed by atoms with E-state index in [0.29, 0.717) is 17.8 Å². The van der Waals surface area contributed by atoms with Crippen LogP contribution in [-0.2, 0) is 16.1 Å². The topological polar surface area (TPSA) is 131 Å². The number of aryl methyl sites for hydroxylation is 1. The number of nitrogens with zero attached hydrogens (tertiary/aromatic N) is 1. The summed E-state index contributed by atoms with van der Waals surface area (Å²) >= 11 is 0. The molecule has 0 saturated carbocycles. The number of rotatable bonds is 9. The van der Waals surface area contributed by atoms with Crippen LogP contribution in [0.1, 0.15) is 39.5 Å². The monoisotopic (exact) mass is 528 g/mol. The van der Waals surface area contributed by atoms with E-state index in [1.807, 2.05) is 31.0 Å². The quantitative estimate of drug-likeness (QED) is 0.165. The van der Waals surface area contributed by atoms with Crippen molar-refractivity contribution in [1.29, 1.82) is 0 Å². The van der Waals surface area contributed by atoms with Gasteiger partial charge in [0, 0.05) is 28.9 Å². The highest BCUT2D eigenvalue weighted by Gasteiger charge is 2.25. The molecule has 0 saturated heterocycles. The van der Waals surface area contributed by atoms with Crippen molar-refractivity contribution in [2.75, 3.05) is 18.9 Å². The predicted molar refractivity (Wildman–Crippen MR) is 148 cm³/mol. The summed E-state index contributed by atoms with van der Waals surface area (Å²) in [6.07, 6.45) is -1.20. The maximum absolute atomic E-state index is 12.4. The Bertz CT molecular complexity index is 1340. The van der Waals surface area contributed by atoms with Crippen molar-refractivity contribution in [3.63, 3.8) is 0 Å². The Kier molecular flexibility index (Phi) is 10.3. The lowest BCUT2D eigenvalue weighted by atomic mass is 10.1. The van der Waals surface area contributed by atoms with Crippen LogP contribution in [0, 0.1) is 18.8 Å². The minimum atomic E-state index is -1.30. The molecule has 0 aliphatic rings. The van der Waals surface area contributed by atoms with E-state index in [9.17, 15) is 19.5 Å². The van der Waals surface area contributed by atoms with Crippen LogP contribution in [0.3, 0.4) is 0 Å². The molecule has 0 fully saturated rings. The summed E-state index contributed by atoms with van der Waals surface area (Å²) in [6, 6.07) is 20.5. The molecule has 0 heterocycles. The summed E-state index contributed by atoms with van der Waals surface area (Å²) in [6.45, 7) is 4.31. The van der Waals surface area contributed by atoms with E-state index in [-0.39, 0.29) is 18.0 Å². The summed E-state index contributed by atoms with van der Waals surface area (Å²) in [5.41, 5.74) is 6.13. The van der Waals surface area contributed by atoms with E-state index in [1.54, 1.807) is 36.4 Å². The Balaban J connectivity index is 1.52. The third-order valence-electron chi connectivity index (χ3n) is 5.82. The summed E-state index contributed by atoms with van der Waals surface area (Å²) in [5.74, 6) is 4.44. The van der Waals surface area contributed by atoms with Crippen molar-refractivity contribution >= 4 is 23.4 Å². The van der Waals surface area contributed by atoms with Gasteiger partial charge < -0.3 is 15.7 Å². The van der Waals surface area contributed by atoms with Crippen LogP contribution in [0.2, 0.25) is 0 Å². The van der Waals surface area contributed by atoms with Gasteiger partial charge in [-0.15, -0.1) is 0 Å². The zero-order chi connectivity index (χ0) is 28.4. The molecule has 3 aromatic carbocycles. The van der Waals surface area contributed by atoms with E-state index >= 15 is 0 Å². The molecule has 0 spiro atoms. The third-order valence-corrected chi connectivity index (χ3v) is 5.82. The first-order valence-corrected chi connectivity index (χ1v) is 12.3. The number of likely N-dealkylation sites (N-methyl/N-ethyl adjacent to an activating group) is 1. The first-order valence-electron chi connectivity index (χ1n) is 12.3. The van der Waals surface area contributed by atoms with Crippen molar-refractivity contribution in [3.8, 4) is 11.8 Å². The molecule has 5 N–H and O–H groups in total. The summed E-state index contributed by atoms with van der Waals surface area (Å²) < 4.78 is 0. The fraction of sp³-hybridized carbons (Fsp3) is 0.233. The molecule has 9 nitrogen and oxygen atoms in total. The molecule has 202 valence electrons. The maximum Gasteiger partial charge on any atom is 0.268 e. The molecule has 2 atom stereocenters. The second-order valence-corrected chi connectivity index (χ2v) is 9.28. The number of hydrogen-bond donors (Lipinski definition) is 5. The van der Waals surface area contributed by atoms with Crippen molar-refractivity contribution in [3.05, 3.63) is 101 Å². The van der Waals surface area contributed by atoms with Crippen molar-refractivity contribution in [2.45, 2.75) is 32.5 Å². The Hall–Kier alpha value is -4.49. The van der Waals surface area contributed by atoms with Crippen LogP contribution in [0.4, 0.5) is 5.69 Å². The van der Waals surface area contributed by atoms with E-state index < -0.39 is 24.0 Å². The Morgan fingerprint density at radius 3 is 2.00 bits per heavy atom. The molecule has 3 amide bonds. The van der Waals surface area contributed by atoms with Crippen LogP contribution in [-0.4, -0.2) is 58.7 Å². The highest BCUT2D eigenvalue weighted by atomic mass is 16.5. The lowest BCUT2D eigenvalue weighted by Crippen LogP contribution is -2.51. The molecule has 9 heteroatoms. The van der Waals surface area contributed by atoms with E-state index in [2.05, 4.69) is 46.7 Å². The smallest absolute Gasteiger partial charge is 0.268 e. The first-order chi connectivity index (χ1) is 18.6. The lowest BCUT2D eigenvalue weighted by molar-refractivity contribution is -0.133. The first kappa shape index (κ1) is 29.1. The van der Waals surface area contributed by atoms with Crippen molar-refractivity contribution in [1.82, 2.24) is 15.7 Å².